The van der Waals surface area contributed by atoms with E-state index in [1.54, 1.807) is 42.5 Å². The summed E-state index contributed by atoms with van der Waals surface area (Å²) < 4.78 is 0. The lowest BCUT2D eigenvalue weighted by Gasteiger charge is -2.13. The predicted octanol–water partition coefficient (Wildman–Crippen LogP) is 2.36. The third-order valence-corrected chi connectivity index (χ3v) is 4.00. The number of nitrogens with two attached hydrogens (primary N) is 1. The Bertz CT molecular complexity index is 835. The van der Waals surface area contributed by atoms with E-state index in [9.17, 15) is 14.4 Å². The summed E-state index contributed by atoms with van der Waals surface area (Å²) in [6.07, 6.45) is 0.848. The second-order valence-corrected chi connectivity index (χ2v) is 6.21. The van der Waals surface area contributed by atoms with Crippen molar-refractivity contribution >= 4 is 29.1 Å². The fraction of sp³-hybridized carbons (Fsp3) is 0.250. The number of nitrogens with one attached hydrogen (secondary N) is 3. The first-order chi connectivity index (χ1) is 12.9. The van der Waals surface area contributed by atoms with E-state index in [0.717, 1.165) is 6.42 Å². The molecule has 0 aliphatic carbocycles. The van der Waals surface area contributed by atoms with Crippen LogP contribution in [0.3, 0.4) is 0 Å². The maximum absolute atomic E-state index is 12.2. The number of primary amides is 1. The molecule has 27 heavy (non-hydrogen) atoms. The molecule has 0 radical (unpaired) electrons. The summed E-state index contributed by atoms with van der Waals surface area (Å²) in [5, 5.41) is 8.57. The highest BCUT2D eigenvalue weighted by atomic mass is 16.2. The predicted molar refractivity (Wildman–Crippen MR) is 106 cm³/mol. The molecule has 2 aromatic carbocycles. The maximum atomic E-state index is 12.2. The van der Waals surface area contributed by atoms with Crippen LogP contribution in [0.2, 0.25) is 0 Å². The minimum Gasteiger partial charge on any atom is -0.376 e. The van der Waals surface area contributed by atoms with Crippen molar-refractivity contribution in [3.63, 3.8) is 0 Å². The van der Waals surface area contributed by atoms with E-state index in [1.807, 2.05) is 13.8 Å². The molecule has 1 atom stereocenters. The normalized spacial score (nSPS) is 11.3. The molecule has 0 saturated heterocycles. The quantitative estimate of drug-likeness (QED) is 0.573. The Hall–Kier alpha value is -3.35. The molecule has 142 valence electrons. The van der Waals surface area contributed by atoms with Gasteiger partial charge < -0.3 is 21.7 Å². The molecule has 0 bridgehead atoms. The van der Waals surface area contributed by atoms with Crippen molar-refractivity contribution in [2.45, 2.75) is 26.3 Å². The molecule has 7 nitrogen and oxygen atoms in total. The van der Waals surface area contributed by atoms with Crippen molar-refractivity contribution in [2.75, 3.05) is 17.2 Å². The first-order valence-electron chi connectivity index (χ1n) is 8.73. The van der Waals surface area contributed by atoms with Gasteiger partial charge in [0.1, 0.15) is 0 Å². The highest BCUT2D eigenvalue weighted by Crippen LogP contribution is 2.12. The molecule has 5 N–H and O–H groups in total. The number of rotatable bonds is 8. The van der Waals surface area contributed by atoms with Gasteiger partial charge in [-0.25, -0.2) is 0 Å². The fourth-order valence-corrected chi connectivity index (χ4v) is 2.32. The SMILES string of the molecule is CCC(C)NC(=O)c1cccc(NCC(=O)Nc2cccc(C(N)=O)c2)c1. The molecule has 0 heterocycles. The monoisotopic (exact) mass is 368 g/mol. The molecule has 0 spiro atoms. The average molecular weight is 368 g/mol. The Kier molecular flexibility index (Phi) is 6.93. The third-order valence-electron chi connectivity index (χ3n) is 4.00. The molecular weight excluding hydrogens is 344 g/mol. The van der Waals surface area contributed by atoms with E-state index in [2.05, 4.69) is 16.0 Å². The van der Waals surface area contributed by atoms with Gasteiger partial charge in [-0.3, -0.25) is 14.4 Å². The van der Waals surface area contributed by atoms with Gasteiger partial charge in [0.15, 0.2) is 0 Å². The van der Waals surface area contributed by atoms with Crippen molar-refractivity contribution < 1.29 is 14.4 Å². The average Bonchev–Trinajstić information content (AvgIpc) is 2.66. The number of hydrogen-bond acceptors (Lipinski definition) is 4. The van der Waals surface area contributed by atoms with Gasteiger partial charge in [0.25, 0.3) is 5.91 Å². The zero-order valence-electron chi connectivity index (χ0n) is 15.4. The fourth-order valence-electron chi connectivity index (χ4n) is 2.32. The van der Waals surface area contributed by atoms with Crippen molar-refractivity contribution in [1.82, 2.24) is 5.32 Å². The van der Waals surface area contributed by atoms with E-state index in [0.29, 0.717) is 22.5 Å². The molecule has 0 saturated carbocycles. The number of carbonyl (C=O) groups is 3. The second kappa shape index (κ2) is 9.38. The minimum absolute atomic E-state index is 0.0111. The summed E-state index contributed by atoms with van der Waals surface area (Å²) in [5.41, 5.74) is 7.22. The van der Waals surface area contributed by atoms with Crippen LogP contribution in [0.4, 0.5) is 11.4 Å². The van der Waals surface area contributed by atoms with Gasteiger partial charge in [-0.1, -0.05) is 19.1 Å². The van der Waals surface area contributed by atoms with E-state index in [-0.39, 0.29) is 24.4 Å². The van der Waals surface area contributed by atoms with Gasteiger partial charge in [-0.05, 0) is 49.7 Å². The van der Waals surface area contributed by atoms with E-state index in [1.165, 1.54) is 6.07 Å². The lowest BCUT2D eigenvalue weighted by atomic mass is 10.1. The summed E-state index contributed by atoms with van der Waals surface area (Å²) in [6.45, 7) is 3.95. The van der Waals surface area contributed by atoms with Crippen LogP contribution in [-0.2, 0) is 4.79 Å². The molecule has 1 unspecified atom stereocenters. The van der Waals surface area contributed by atoms with Gasteiger partial charge in [0.05, 0.1) is 6.54 Å². The van der Waals surface area contributed by atoms with Crippen LogP contribution >= 0.6 is 0 Å². The molecule has 0 aliphatic rings. The third kappa shape index (κ3) is 6.14. The van der Waals surface area contributed by atoms with Crippen molar-refractivity contribution in [1.29, 1.82) is 0 Å². The van der Waals surface area contributed by atoms with Gasteiger partial charge in [0.2, 0.25) is 11.8 Å². The largest absolute Gasteiger partial charge is 0.376 e. The van der Waals surface area contributed by atoms with Crippen LogP contribution < -0.4 is 21.7 Å². The molecule has 2 rings (SSSR count). The van der Waals surface area contributed by atoms with Crippen LogP contribution in [-0.4, -0.2) is 30.3 Å². The lowest BCUT2D eigenvalue weighted by molar-refractivity contribution is -0.114. The van der Waals surface area contributed by atoms with E-state index < -0.39 is 5.91 Å². The molecule has 0 aromatic heterocycles. The lowest BCUT2D eigenvalue weighted by Crippen LogP contribution is -2.31. The zero-order valence-corrected chi connectivity index (χ0v) is 15.4. The molecule has 0 fully saturated rings. The Morgan fingerprint density at radius 2 is 1.63 bits per heavy atom. The van der Waals surface area contributed by atoms with Crippen molar-refractivity contribution in [3.05, 3.63) is 59.7 Å². The summed E-state index contributed by atoms with van der Waals surface area (Å²) in [6, 6.07) is 13.4. The second-order valence-electron chi connectivity index (χ2n) is 6.21. The Morgan fingerprint density at radius 1 is 1.00 bits per heavy atom. The highest BCUT2D eigenvalue weighted by molar-refractivity contribution is 5.98. The van der Waals surface area contributed by atoms with Gasteiger partial charge in [0, 0.05) is 28.5 Å². The van der Waals surface area contributed by atoms with Crippen LogP contribution in [0.25, 0.3) is 0 Å². The highest BCUT2D eigenvalue weighted by Gasteiger charge is 2.10. The standard InChI is InChI=1S/C20H24N4O3/c1-3-13(2)23-20(27)15-7-5-8-16(11-15)22-12-18(25)24-17-9-4-6-14(10-17)19(21)26/h4-11,13,22H,3,12H2,1-2H3,(H2,21,26)(H,23,27)(H,24,25). The van der Waals surface area contributed by atoms with Gasteiger partial charge in [-0.2, -0.15) is 0 Å². The number of hydrogen-bond donors (Lipinski definition) is 4. The van der Waals surface area contributed by atoms with Crippen LogP contribution in [0.15, 0.2) is 48.5 Å². The molecular formula is C20H24N4O3. The van der Waals surface area contributed by atoms with E-state index >= 15 is 0 Å². The summed E-state index contributed by atoms with van der Waals surface area (Å²) in [5.74, 6) is -0.997. The molecule has 7 heteroatoms. The number of anilines is 2. The Labute approximate surface area is 158 Å². The summed E-state index contributed by atoms with van der Waals surface area (Å²) >= 11 is 0. The molecule has 3 amide bonds. The topological polar surface area (TPSA) is 113 Å². The minimum atomic E-state index is -0.559. The first kappa shape index (κ1) is 20.0. The summed E-state index contributed by atoms with van der Waals surface area (Å²) in [7, 11) is 0. The van der Waals surface area contributed by atoms with Crippen LogP contribution in [0.5, 0.6) is 0 Å². The van der Waals surface area contributed by atoms with Crippen LogP contribution in [0, 0.1) is 0 Å². The van der Waals surface area contributed by atoms with E-state index in [4.69, 9.17) is 5.73 Å². The van der Waals surface area contributed by atoms with Crippen LogP contribution in [0.1, 0.15) is 41.0 Å². The van der Waals surface area contributed by atoms with Crippen molar-refractivity contribution in [2.24, 2.45) is 5.73 Å². The first-order valence-corrected chi connectivity index (χ1v) is 8.73. The maximum Gasteiger partial charge on any atom is 0.251 e. The van der Waals surface area contributed by atoms with Gasteiger partial charge in [-0.15, -0.1) is 0 Å². The van der Waals surface area contributed by atoms with Crippen molar-refractivity contribution in [3.8, 4) is 0 Å². The zero-order chi connectivity index (χ0) is 19.8. The summed E-state index contributed by atoms with van der Waals surface area (Å²) in [4.78, 5) is 35.5. The molecule has 2 aromatic rings. The number of carbonyl (C=O) groups excluding carboxylic acids is 3. The van der Waals surface area contributed by atoms with Gasteiger partial charge >= 0.3 is 0 Å². The number of benzene rings is 2. The Balaban J connectivity index is 1.93. The molecule has 0 aliphatic heterocycles. The number of amides is 3. The smallest absolute Gasteiger partial charge is 0.251 e. The Morgan fingerprint density at radius 3 is 2.30 bits per heavy atom.